The van der Waals surface area contributed by atoms with Crippen LogP contribution in [0.15, 0.2) is 24.3 Å². The first-order valence-electron chi connectivity index (χ1n) is 8.69. The van der Waals surface area contributed by atoms with Gasteiger partial charge >= 0.3 is 6.09 Å². The number of hydrogen-bond acceptors (Lipinski definition) is 4. The number of amides is 2. The fourth-order valence-corrected chi connectivity index (χ4v) is 2.80. The van der Waals surface area contributed by atoms with Gasteiger partial charge in [0.2, 0.25) is 5.91 Å². The third-order valence-corrected chi connectivity index (χ3v) is 4.39. The molecule has 1 N–H and O–H groups in total. The molecule has 1 unspecified atom stereocenters. The van der Waals surface area contributed by atoms with Crippen molar-refractivity contribution in [2.45, 2.75) is 26.3 Å². The van der Waals surface area contributed by atoms with Gasteiger partial charge in [-0.25, -0.2) is 9.18 Å². The summed E-state index contributed by atoms with van der Waals surface area (Å²) in [6, 6.07) is 6.03. The number of nitrogens with zero attached hydrogens (tertiary/aromatic N) is 2. The van der Waals surface area contributed by atoms with E-state index in [1.807, 2.05) is 6.92 Å². The van der Waals surface area contributed by atoms with Crippen LogP contribution in [0.5, 0.6) is 0 Å². The Morgan fingerprint density at radius 1 is 1.20 bits per heavy atom. The van der Waals surface area contributed by atoms with Crippen LogP contribution in [0.3, 0.4) is 0 Å². The molecule has 1 aliphatic heterocycles. The minimum absolute atomic E-state index is 0.0355. The van der Waals surface area contributed by atoms with E-state index in [0.29, 0.717) is 45.8 Å². The molecule has 1 heterocycles. The molecule has 0 radical (unpaired) electrons. The molecule has 6 nitrogen and oxygen atoms in total. The predicted octanol–water partition coefficient (Wildman–Crippen LogP) is 1.65. The van der Waals surface area contributed by atoms with Gasteiger partial charge in [-0.05, 0) is 38.0 Å². The normalized spacial score (nSPS) is 16.4. The highest BCUT2D eigenvalue weighted by atomic mass is 19.1. The van der Waals surface area contributed by atoms with E-state index >= 15 is 0 Å². The monoisotopic (exact) mass is 351 g/mol. The van der Waals surface area contributed by atoms with Crippen LogP contribution in [-0.2, 0) is 16.0 Å². The molecule has 0 bridgehead atoms. The van der Waals surface area contributed by atoms with Crippen molar-refractivity contribution >= 4 is 12.0 Å². The highest BCUT2D eigenvalue weighted by Crippen LogP contribution is 2.08. The number of carbonyl (C=O) groups excluding carboxylic acids is 2. The topological polar surface area (TPSA) is 61.9 Å². The maximum atomic E-state index is 12.9. The Morgan fingerprint density at radius 3 is 2.44 bits per heavy atom. The number of ether oxygens (including phenoxy) is 1. The van der Waals surface area contributed by atoms with Crippen LogP contribution in [0.4, 0.5) is 9.18 Å². The molecule has 0 spiro atoms. The van der Waals surface area contributed by atoms with Crippen molar-refractivity contribution in [1.29, 1.82) is 0 Å². The van der Waals surface area contributed by atoms with Crippen LogP contribution in [0.2, 0.25) is 0 Å². The van der Waals surface area contributed by atoms with Crippen molar-refractivity contribution < 1.29 is 18.7 Å². The van der Waals surface area contributed by atoms with Crippen LogP contribution >= 0.6 is 0 Å². The lowest BCUT2D eigenvalue weighted by molar-refractivity contribution is -0.126. The Bertz CT molecular complexity index is 571. The molecular formula is C18H26FN3O3. The van der Waals surface area contributed by atoms with Crippen LogP contribution < -0.4 is 5.32 Å². The SMILES string of the molecule is CCOC(=O)N1CCN(C(C)C(=O)NCCc2ccc(F)cc2)CC1. The van der Waals surface area contributed by atoms with E-state index in [0.717, 1.165) is 5.56 Å². The largest absolute Gasteiger partial charge is 0.450 e. The van der Waals surface area contributed by atoms with Crippen molar-refractivity contribution in [3.8, 4) is 0 Å². The van der Waals surface area contributed by atoms with Crippen molar-refractivity contribution in [2.75, 3.05) is 39.3 Å². The molecule has 138 valence electrons. The summed E-state index contributed by atoms with van der Waals surface area (Å²) in [4.78, 5) is 27.7. The van der Waals surface area contributed by atoms with E-state index in [2.05, 4.69) is 10.2 Å². The zero-order valence-electron chi connectivity index (χ0n) is 14.8. The number of carbonyl (C=O) groups is 2. The van der Waals surface area contributed by atoms with Gasteiger partial charge in [0, 0.05) is 32.7 Å². The Morgan fingerprint density at radius 2 is 1.84 bits per heavy atom. The van der Waals surface area contributed by atoms with Gasteiger partial charge in [-0.15, -0.1) is 0 Å². The minimum Gasteiger partial charge on any atom is -0.450 e. The lowest BCUT2D eigenvalue weighted by Gasteiger charge is -2.36. The van der Waals surface area contributed by atoms with E-state index in [9.17, 15) is 14.0 Å². The van der Waals surface area contributed by atoms with Gasteiger partial charge in [-0.2, -0.15) is 0 Å². The fourth-order valence-electron chi connectivity index (χ4n) is 2.80. The fraction of sp³-hybridized carbons (Fsp3) is 0.556. The summed E-state index contributed by atoms with van der Waals surface area (Å²) in [5.41, 5.74) is 0.984. The van der Waals surface area contributed by atoms with Crippen molar-refractivity contribution in [3.63, 3.8) is 0 Å². The molecule has 0 aliphatic carbocycles. The summed E-state index contributed by atoms with van der Waals surface area (Å²) in [6.07, 6.45) is 0.369. The molecule has 2 amide bonds. The molecule has 1 aliphatic rings. The number of piperazine rings is 1. The molecule has 25 heavy (non-hydrogen) atoms. The number of rotatable bonds is 6. The summed E-state index contributed by atoms with van der Waals surface area (Å²) in [6.45, 7) is 6.94. The van der Waals surface area contributed by atoms with Gasteiger partial charge < -0.3 is 15.0 Å². The average Bonchev–Trinajstić information content (AvgIpc) is 2.63. The summed E-state index contributed by atoms with van der Waals surface area (Å²) in [5.74, 6) is -0.296. The first kappa shape index (κ1) is 19.2. The van der Waals surface area contributed by atoms with Gasteiger partial charge in [0.1, 0.15) is 5.82 Å². The lowest BCUT2D eigenvalue weighted by atomic mass is 10.1. The van der Waals surface area contributed by atoms with Crippen molar-refractivity contribution in [1.82, 2.24) is 15.1 Å². The Labute approximate surface area is 147 Å². The predicted molar refractivity (Wildman–Crippen MR) is 92.7 cm³/mol. The zero-order valence-corrected chi connectivity index (χ0v) is 14.8. The molecular weight excluding hydrogens is 325 g/mol. The van der Waals surface area contributed by atoms with Gasteiger partial charge in [-0.1, -0.05) is 12.1 Å². The number of benzene rings is 1. The van der Waals surface area contributed by atoms with E-state index in [-0.39, 0.29) is 23.9 Å². The molecule has 1 aromatic carbocycles. The Kier molecular flexibility index (Phi) is 7.18. The van der Waals surface area contributed by atoms with E-state index in [1.54, 1.807) is 24.0 Å². The molecule has 7 heteroatoms. The van der Waals surface area contributed by atoms with Crippen LogP contribution in [0, 0.1) is 5.82 Å². The Balaban J connectivity index is 1.71. The zero-order chi connectivity index (χ0) is 18.2. The third kappa shape index (κ3) is 5.70. The molecule has 1 saturated heterocycles. The van der Waals surface area contributed by atoms with E-state index in [4.69, 9.17) is 4.74 Å². The molecule has 0 aromatic heterocycles. The maximum absolute atomic E-state index is 12.9. The molecule has 1 atom stereocenters. The average molecular weight is 351 g/mol. The number of hydrogen-bond donors (Lipinski definition) is 1. The summed E-state index contributed by atoms with van der Waals surface area (Å²) >= 11 is 0. The number of halogens is 1. The Hall–Kier alpha value is -2.15. The first-order chi connectivity index (χ1) is 12.0. The van der Waals surface area contributed by atoms with Crippen LogP contribution in [-0.4, -0.2) is 67.2 Å². The summed E-state index contributed by atoms with van der Waals surface area (Å²) in [7, 11) is 0. The lowest BCUT2D eigenvalue weighted by Crippen LogP contribution is -2.55. The molecule has 1 aromatic rings. The second-order valence-electron chi connectivity index (χ2n) is 6.07. The second kappa shape index (κ2) is 9.36. The van der Waals surface area contributed by atoms with Gasteiger partial charge in [0.25, 0.3) is 0 Å². The standard InChI is InChI=1S/C18H26FN3O3/c1-3-25-18(24)22-12-10-21(11-13-22)14(2)17(23)20-9-8-15-4-6-16(19)7-5-15/h4-7,14H,3,8-13H2,1-2H3,(H,20,23). The highest BCUT2D eigenvalue weighted by molar-refractivity contribution is 5.81. The summed E-state index contributed by atoms with van der Waals surface area (Å²) in [5, 5.41) is 2.92. The summed E-state index contributed by atoms with van der Waals surface area (Å²) < 4.78 is 17.9. The first-order valence-corrected chi connectivity index (χ1v) is 8.69. The van der Waals surface area contributed by atoms with Crippen molar-refractivity contribution in [2.24, 2.45) is 0 Å². The van der Waals surface area contributed by atoms with E-state index < -0.39 is 0 Å². The van der Waals surface area contributed by atoms with Crippen molar-refractivity contribution in [3.05, 3.63) is 35.6 Å². The van der Waals surface area contributed by atoms with Crippen LogP contribution in [0.25, 0.3) is 0 Å². The molecule has 1 fully saturated rings. The van der Waals surface area contributed by atoms with Gasteiger partial charge in [-0.3, -0.25) is 9.69 Å². The quantitative estimate of drug-likeness (QED) is 0.847. The van der Waals surface area contributed by atoms with Gasteiger partial charge in [0.05, 0.1) is 12.6 Å². The van der Waals surface area contributed by atoms with Crippen LogP contribution in [0.1, 0.15) is 19.4 Å². The third-order valence-electron chi connectivity index (χ3n) is 4.39. The highest BCUT2D eigenvalue weighted by Gasteiger charge is 2.27. The molecule has 2 rings (SSSR count). The van der Waals surface area contributed by atoms with Gasteiger partial charge in [0.15, 0.2) is 0 Å². The van der Waals surface area contributed by atoms with E-state index in [1.165, 1.54) is 12.1 Å². The molecule has 0 saturated carbocycles. The smallest absolute Gasteiger partial charge is 0.409 e. The second-order valence-corrected chi connectivity index (χ2v) is 6.07. The maximum Gasteiger partial charge on any atom is 0.409 e. The number of nitrogens with one attached hydrogen (secondary N) is 1. The minimum atomic E-state index is -0.293.